The van der Waals surface area contributed by atoms with Crippen LogP contribution in [0.4, 0.5) is 13.2 Å². The van der Waals surface area contributed by atoms with Gasteiger partial charge in [-0.05, 0) is 42.3 Å². The van der Waals surface area contributed by atoms with Crippen molar-refractivity contribution in [2.75, 3.05) is 0 Å². The molecule has 0 aliphatic carbocycles. The lowest BCUT2D eigenvalue weighted by Gasteiger charge is -2.14. The van der Waals surface area contributed by atoms with Gasteiger partial charge >= 0.3 is 0 Å². The second-order valence-electron chi connectivity index (χ2n) is 4.21. The molecule has 0 heterocycles. The Kier molecular flexibility index (Phi) is 4.12. The molecule has 2 aromatic rings. The van der Waals surface area contributed by atoms with Gasteiger partial charge in [0.1, 0.15) is 17.5 Å². The largest absolute Gasteiger partial charge is 0.324 e. The highest BCUT2D eigenvalue weighted by atomic mass is 35.5. The minimum atomic E-state index is -0.827. The number of nitrogens with two attached hydrogens (primary N) is 1. The van der Waals surface area contributed by atoms with E-state index in [0.29, 0.717) is 5.56 Å². The quantitative estimate of drug-likeness (QED) is 0.906. The van der Waals surface area contributed by atoms with Crippen molar-refractivity contribution in [3.8, 4) is 0 Å². The molecule has 0 bridgehead atoms. The van der Waals surface area contributed by atoms with E-state index in [0.717, 1.165) is 24.3 Å². The van der Waals surface area contributed by atoms with E-state index in [1.165, 1.54) is 12.1 Å². The molecule has 0 aromatic heterocycles. The van der Waals surface area contributed by atoms with E-state index < -0.39 is 23.5 Å². The maximum absolute atomic E-state index is 13.6. The molecule has 1 atom stereocenters. The molecule has 2 rings (SSSR count). The summed E-state index contributed by atoms with van der Waals surface area (Å²) in [5, 5.41) is 0.270. The molecule has 0 saturated carbocycles. The predicted octanol–water partition coefficient (Wildman–Crippen LogP) is 4.00. The standard InChI is InChI=1S/C14H11ClF3N/c15-9-2-1-8(13(18)6-9)5-14(19)11-7-10(16)3-4-12(11)17/h1-4,6-7,14H,5,19H2. The van der Waals surface area contributed by atoms with Crippen LogP contribution in [0.5, 0.6) is 0 Å². The van der Waals surface area contributed by atoms with Crippen molar-refractivity contribution >= 4 is 11.6 Å². The number of hydrogen-bond acceptors (Lipinski definition) is 1. The summed E-state index contributed by atoms with van der Waals surface area (Å²) < 4.78 is 40.2. The first-order valence-corrected chi connectivity index (χ1v) is 5.99. The van der Waals surface area contributed by atoms with Crippen LogP contribution in [0.25, 0.3) is 0 Å². The van der Waals surface area contributed by atoms with E-state index in [2.05, 4.69) is 0 Å². The average Bonchev–Trinajstić information content (AvgIpc) is 2.35. The van der Waals surface area contributed by atoms with Gasteiger partial charge in [-0.25, -0.2) is 13.2 Å². The molecule has 19 heavy (non-hydrogen) atoms. The van der Waals surface area contributed by atoms with E-state index in [4.69, 9.17) is 17.3 Å². The normalized spacial score (nSPS) is 12.5. The van der Waals surface area contributed by atoms with Crippen LogP contribution in [0.3, 0.4) is 0 Å². The molecule has 5 heteroatoms. The first kappa shape index (κ1) is 13.9. The summed E-state index contributed by atoms with van der Waals surface area (Å²) in [6.45, 7) is 0. The average molecular weight is 286 g/mol. The Morgan fingerprint density at radius 2 is 1.74 bits per heavy atom. The summed E-state index contributed by atoms with van der Waals surface area (Å²) in [7, 11) is 0. The van der Waals surface area contributed by atoms with E-state index in [1.54, 1.807) is 0 Å². The topological polar surface area (TPSA) is 26.0 Å². The van der Waals surface area contributed by atoms with Crippen molar-refractivity contribution < 1.29 is 13.2 Å². The molecule has 0 aliphatic heterocycles. The van der Waals surface area contributed by atoms with Crippen molar-refractivity contribution in [3.05, 3.63) is 70.0 Å². The van der Waals surface area contributed by atoms with Crippen molar-refractivity contribution in [2.24, 2.45) is 5.73 Å². The molecule has 2 aromatic carbocycles. The van der Waals surface area contributed by atoms with Crippen molar-refractivity contribution in [1.29, 1.82) is 0 Å². The van der Waals surface area contributed by atoms with Gasteiger partial charge in [0.2, 0.25) is 0 Å². The zero-order valence-corrected chi connectivity index (χ0v) is 10.6. The summed E-state index contributed by atoms with van der Waals surface area (Å²) in [5.74, 6) is -1.70. The summed E-state index contributed by atoms with van der Waals surface area (Å²) in [6.07, 6.45) is 0.0589. The fraction of sp³-hybridized carbons (Fsp3) is 0.143. The summed E-state index contributed by atoms with van der Waals surface area (Å²) in [6, 6.07) is 6.37. The molecule has 0 saturated heterocycles. The van der Waals surface area contributed by atoms with Gasteiger partial charge < -0.3 is 5.73 Å². The predicted molar refractivity (Wildman–Crippen MR) is 68.4 cm³/mol. The maximum Gasteiger partial charge on any atom is 0.128 e. The van der Waals surface area contributed by atoms with Gasteiger partial charge in [0.25, 0.3) is 0 Å². The van der Waals surface area contributed by atoms with E-state index in [9.17, 15) is 13.2 Å². The van der Waals surface area contributed by atoms with Crippen LogP contribution in [0.2, 0.25) is 5.02 Å². The molecule has 0 spiro atoms. The molecule has 0 fully saturated rings. The van der Waals surface area contributed by atoms with Crippen LogP contribution in [0.15, 0.2) is 36.4 Å². The molecule has 1 nitrogen and oxygen atoms in total. The van der Waals surface area contributed by atoms with Crippen LogP contribution >= 0.6 is 11.6 Å². The molecule has 0 radical (unpaired) electrons. The van der Waals surface area contributed by atoms with Gasteiger partial charge in [0.15, 0.2) is 0 Å². The van der Waals surface area contributed by atoms with Crippen LogP contribution in [0, 0.1) is 17.5 Å². The highest BCUT2D eigenvalue weighted by Gasteiger charge is 2.15. The van der Waals surface area contributed by atoms with Crippen LogP contribution in [-0.2, 0) is 6.42 Å². The lowest BCUT2D eigenvalue weighted by Crippen LogP contribution is -2.16. The Balaban J connectivity index is 2.25. The zero-order valence-electron chi connectivity index (χ0n) is 9.84. The molecule has 100 valence electrons. The summed E-state index contributed by atoms with van der Waals surface area (Å²) in [5.41, 5.74) is 6.13. The number of halogens is 4. The smallest absolute Gasteiger partial charge is 0.128 e. The number of rotatable bonds is 3. The zero-order chi connectivity index (χ0) is 14.0. The Labute approximate surface area is 113 Å². The summed E-state index contributed by atoms with van der Waals surface area (Å²) in [4.78, 5) is 0. The fourth-order valence-corrected chi connectivity index (χ4v) is 1.99. The minimum Gasteiger partial charge on any atom is -0.324 e. The number of benzene rings is 2. The van der Waals surface area contributed by atoms with Crippen LogP contribution in [-0.4, -0.2) is 0 Å². The van der Waals surface area contributed by atoms with Gasteiger partial charge in [-0.15, -0.1) is 0 Å². The van der Waals surface area contributed by atoms with E-state index in [1.807, 2.05) is 0 Å². The van der Waals surface area contributed by atoms with Crippen molar-refractivity contribution in [2.45, 2.75) is 12.5 Å². The highest BCUT2D eigenvalue weighted by Crippen LogP contribution is 2.23. The maximum atomic E-state index is 13.6. The first-order valence-electron chi connectivity index (χ1n) is 5.62. The van der Waals surface area contributed by atoms with Gasteiger partial charge in [0.05, 0.1) is 0 Å². The molecular formula is C14H11ClF3N. The third kappa shape index (κ3) is 3.28. The molecule has 0 aliphatic rings. The molecule has 0 amide bonds. The summed E-state index contributed by atoms with van der Waals surface area (Å²) >= 11 is 5.64. The third-order valence-electron chi connectivity index (χ3n) is 2.81. The minimum absolute atomic E-state index is 0.0225. The van der Waals surface area contributed by atoms with Crippen molar-refractivity contribution in [3.63, 3.8) is 0 Å². The van der Waals surface area contributed by atoms with Crippen LogP contribution in [0.1, 0.15) is 17.2 Å². The van der Waals surface area contributed by atoms with E-state index in [-0.39, 0.29) is 17.0 Å². The molecular weight excluding hydrogens is 275 g/mol. The Morgan fingerprint density at radius 1 is 1.00 bits per heavy atom. The SMILES string of the molecule is NC(Cc1ccc(Cl)cc1F)c1cc(F)ccc1F. The van der Waals surface area contributed by atoms with E-state index >= 15 is 0 Å². The monoisotopic (exact) mass is 285 g/mol. The second kappa shape index (κ2) is 5.63. The Hall–Kier alpha value is -1.52. The Bertz CT molecular complexity index is 601. The molecule has 1 unspecified atom stereocenters. The van der Waals surface area contributed by atoms with Gasteiger partial charge in [0, 0.05) is 16.6 Å². The van der Waals surface area contributed by atoms with Gasteiger partial charge in [-0.1, -0.05) is 17.7 Å². The molecule has 2 N–H and O–H groups in total. The van der Waals surface area contributed by atoms with Gasteiger partial charge in [-0.3, -0.25) is 0 Å². The lowest BCUT2D eigenvalue weighted by atomic mass is 9.99. The van der Waals surface area contributed by atoms with Crippen molar-refractivity contribution in [1.82, 2.24) is 0 Å². The highest BCUT2D eigenvalue weighted by molar-refractivity contribution is 6.30. The van der Waals surface area contributed by atoms with Crippen LogP contribution < -0.4 is 5.73 Å². The Morgan fingerprint density at radius 3 is 2.42 bits per heavy atom. The third-order valence-corrected chi connectivity index (χ3v) is 3.05. The lowest BCUT2D eigenvalue weighted by molar-refractivity contribution is 0.550. The number of hydrogen-bond donors (Lipinski definition) is 1. The van der Waals surface area contributed by atoms with Gasteiger partial charge in [-0.2, -0.15) is 0 Å². The fourth-order valence-electron chi connectivity index (χ4n) is 1.83. The second-order valence-corrected chi connectivity index (χ2v) is 4.65. The first-order chi connectivity index (χ1) is 8.97.